The average Bonchev–Trinajstić information content (AvgIpc) is 2.35. The summed E-state index contributed by atoms with van der Waals surface area (Å²) >= 11 is 0. The first-order valence-corrected chi connectivity index (χ1v) is 6.11. The molecule has 1 aromatic carbocycles. The smallest absolute Gasteiger partial charge is 0.119 e. The Labute approximate surface area is 99.0 Å². The number of hydrogen-bond donors (Lipinski definition) is 1. The van der Waals surface area contributed by atoms with E-state index < -0.39 is 0 Å². The van der Waals surface area contributed by atoms with Crippen LogP contribution in [0, 0.1) is 0 Å². The normalized spacial score (nSPS) is 14.5. The molecule has 0 spiro atoms. The summed E-state index contributed by atoms with van der Waals surface area (Å²) in [5, 5.41) is 3.63. The van der Waals surface area contributed by atoms with Crippen molar-refractivity contribution in [1.82, 2.24) is 5.32 Å². The van der Waals surface area contributed by atoms with Crippen LogP contribution in [0.4, 0.5) is 0 Å². The first-order valence-electron chi connectivity index (χ1n) is 6.11. The van der Waals surface area contributed by atoms with Crippen molar-refractivity contribution in [1.29, 1.82) is 0 Å². The Bertz CT molecular complexity index is 311. The predicted octanol–water partition coefficient (Wildman–Crippen LogP) is 3.53. The summed E-state index contributed by atoms with van der Waals surface area (Å²) in [6.45, 7) is 6.64. The largest absolute Gasteiger partial charge is 0.497 e. The number of hydrogen-bond acceptors (Lipinski definition) is 2. The zero-order valence-corrected chi connectivity index (χ0v) is 10.8. The molecule has 0 aliphatic heterocycles. The van der Waals surface area contributed by atoms with Gasteiger partial charge >= 0.3 is 0 Å². The molecule has 1 rings (SSSR count). The second kappa shape index (κ2) is 6.54. The van der Waals surface area contributed by atoms with Crippen LogP contribution in [0.2, 0.25) is 0 Å². The Morgan fingerprint density at radius 3 is 2.56 bits per heavy atom. The van der Waals surface area contributed by atoms with Crippen molar-refractivity contribution in [3.8, 4) is 5.75 Å². The van der Waals surface area contributed by atoms with Gasteiger partial charge in [0.1, 0.15) is 5.75 Å². The summed E-state index contributed by atoms with van der Waals surface area (Å²) < 4.78 is 5.25. The maximum absolute atomic E-state index is 5.25. The predicted molar refractivity (Wildman–Crippen MR) is 68.9 cm³/mol. The van der Waals surface area contributed by atoms with Gasteiger partial charge in [0.05, 0.1) is 7.11 Å². The van der Waals surface area contributed by atoms with Gasteiger partial charge < -0.3 is 10.1 Å². The monoisotopic (exact) mass is 221 g/mol. The molecule has 0 aliphatic rings. The summed E-state index contributed by atoms with van der Waals surface area (Å²) in [6.07, 6.45) is 2.25. The van der Waals surface area contributed by atoms with E-state index in [9.17, 15) is 0 Å². The first-order chi connectivity index (χ1) is 7.71. The molecule has 90 valence electrons. The number of rotatable bonds is 6. The highest BCUT2D eigenvalue weighted by atomic mass is 16.5. The molecule has 1 N–H and O–H groups in total. The van der Waals surface area contributed by atoms with Gasteiger partial charge in [-0.15, -0.1) is 0 Å². The number of benzene rings is 1. The molecule has 0 saturated carbocycles. The third-order valence-corrected chi connectivity index (χ3v) is 3.00. The molecule has 0 aromatic heterocycles. The van der Waals surface area contributed by atoms with Crippen molar-refractivity contribution in [2.75, 3.05) is 7.11 Å². The van der Waals surface area contributed by atoms with Gasteiger partial charge in [-0.2, -0.15) is 0 Å². The lowest BCUT2D eigenvalue weighted by molar-refractivity contribution is 0.408. The van der Waals surface area contributed by atoms with E-state index in [1.807, 2.05) is 6.07 Å². The van der Waals surface area contributed by atoms with E-state index in [1.165, 1.54) is 5.56 Å². The van der Waals surface area contributed by atoms with Crippen LogP contribution in [0.5, 0.6) is 5.75 Å². The molecule has 0 bridgehead atoms. The van der Waals surface area contributed by atoms with Gasteiger partial charge in [-0.05, 0) is 37.5 Å². The highest BCUT2D eigenvalue weighted by molar-refractivity contribution is 5.30. The lowest BCUT2D eigenvalue weighted by Crippen LogP contribution is -2.29. The fourth-order valence-electron chi connectivity index (χ4n) is 1.77. The summed E-state index contributed by atoms with van der Waals surface area (Å²) in [5.41, 5.74) is 1.31. The Hall–Kier alpha value is -1.02. The zero-order valence-electron chi connectivity index (χ0n) is 10.8. The Kier molecular flexibility index (Phi) is 5.33. The van der Waals surface area contributed by atoms with E-state index in [-0.39, 0.29) is 0 Å². The van der Waals surface area contributed by atoms with Crippen LogP contribution in [0.3, 0.4) is 0 Å². The molecule has 2 atom stereocenters. The maximum Gasteiger partial charge on any atom is 0.119 e. The Morgan fingerprint density at radius 2 is 2.00 bits per heavy atom. The molecule has 2 unspecified atom stereocenters. The summed E-state index contributed by atoms with van der Waals surface area (Å²) in [4.78, 5) is 0. The SMILES string of the molecule is CCC(C)NC(CC)c1cccc(OC)c1. The van der Waals surface area contributed by atoms with Gasteiger partial charge in [0.2, 0.25) is 0 Å². The van der Waals surface area contributed by atoms with Gasteiger partial charge in [-0.3, -0.25) is 0 Å². The molecule has 0 heterocycles. The Morgan fingerprint density at radius 1 is 1.25 bits per heavy atom. The van der Waals surface area contributed by atoms with Crippen LogP contribution in [0.25, 0.3) is 0 Å². The fraction of sp³-hybridized carbons (Fsp3) is 0.571. The second-order valence-electron chi connectivity index (χ2n) is 4.21. The van der Waals surface area contributed by atoms with Crippen molar-refractivity contribution in [3.05, 3.63) is 29.8 Å². The van der Waals surface area contributed by atoms with E-state index in [0.29, 0.717) is 12.1 Å². The van der Waals surface area contributed by atoms with E-state index in [4.69, 9.17) is 4.74 Å². The Balaban J connectivity index is 2.77. The van der Waals surface area contributed by atoms with Crippen LogP contribution in [-0.2, 0) is 0 Å². The summed E-state index contributed by atoms with van der Waals surface area (Å²) in [7, 11) is 1.71. The van der Waals surface area contributed by atoms with Gasteiger partial charge in [-0.1, -0.05) is 26.0 Å². The lowest BCUT2D eigenvalue weighted by atomic mass is 10.0. The minimum absolute atomic E-state index is 0.421. The number of ether oxygens (including phenoxy) is 1. The van der Waals surface area contributed by atoms with Crippen LogP contribution in [0.1, 0.15) is 45.2 Å². The molecule has 1 aromatic rings. The molecule has 0 saturated heterocycles. The molecule has 0 radical (unpaired) electrons. The topological polar surface area (TPSA) is 21.3 Å². The molecule has 16 heavy (non-hydrogen) atoms. The quantitative estimate of drug-likeness (QED) is 0.793. The van der Waals surface area contributed by atoms with E-state index in [2.05, 4.69) is 44.3 Å². The standard InChI is InChI=1S/C14H23NO/c1-5-11(3)15-14(6-2)12-8-7-9-13(10-12)16-4/h7-11,14-15H,5-6H2,1-4H3. The zero-order chi connectivity index (χ0) is 12.0. The fourth-order valence-corrected chi connectivity index (χ4v) is 1.77. The molecule has 2 nitrogen and oxygen atoms in total. The van der Waals surface area contributed by atoms with E-state index in [1.54, 1.807) is 7.11 Å². The number of nitrogens with one attached hydrogen (secondary N) is 1. The lowest BCUT2D eigenvalue weighted by Gasteiger charge is -2.22. The highest BCUT2D eigenvalue weighted by Crippen LogP contribution is 2.22. The van der Waals surface area contributed by atoms with Crippen molar-refractivity contribution >= 4 is 0 Å². The van der Waals surface area contributed by atoms with Crippen LogP contribution < -0.4 is 10.1 Å². The molecule has 0 fully saturated rings. The van der Waals surface area contributed by atoms with Gasteiger partial charge in [0.15, 0.2) is 0 Å². The third kappa shape index (κ3) is 3.53. The molecule has 0 aliphatic carbocycles. The van der Waals surface area contributed by atoms with Crippen molar-refractivity contribution < 1.29 is 4.74 Å². The van der Waals surface area contributed by atoms with Crippen molar-refractivity contribution in [2.24, 2.45) is 0 Å². The molecular formula is C14H23NO. The van der Waals surface area contributed by atoms with Crippen LogP contribution in [0.15, 0.2) is 24.3 Å². The van der Waals surface area contributed by atoms with Crippen LogP contribution >= 0.6 is 0 Å². The maximum atomic E-state index is 5.25. The number of methoxy groups -OCH3 is 1. The third-order valence-electron chi connectivity index (χ3n) is 3.00. The average molecular weight is 221 g/mol. The van der Waals surface area contributed by atoms with Crippen LogP contribution in [-0.4, -0.2) is 13.2 Å². The minimum atomic E-state index is 0.421. The second-order valence-corrected chi connectivity index (χ2v) is 4.21. The van der Waals surface area contributed by atoms with Crippen molar-refractivity contribution in [2.45, 2.75) is 45.7 Å². The molecule has 0 amide bonds. The van der Waals surface area contributed by atoms with E-state index in [0.717, 1.165) is 18.6 Å². The first kappa shape index (κ1) is 13.0. The minimum Gasteiger partial charge on any atom is -0.497 e. The molecule has 2 heteroatoms. The highest BCUT2D eigenvalue weighted by Gasteiger charge is 2.11. The summed E-state index contributed by atoms with van der Waals surface area (Å²) in [6, 6.07) is 9.28. The van der Waals surface area contributed by atoms with E-state index >= 15 is 0 Å². The van der Waals surface area contributed by atoms with Crippen molar-refractivity contribution in [3.63, 3.8) is 0 Å². The van der Waals surface area contributed by atoms with Gasteiger partial charge in [0.25, 0.3) is 0 Å². The van der Waals surface area contributed by atoms with Gasteiger partial charge in [0, 0.05) is 12.1 Å². The molecular weight excluding hydrogens is 198 g/mol. The summed E-state index contributed by atoms with van der Waals surface area (Å²) in [5.74, 6) is 0.932. The van der Waals surface area contributed by atoms with Gasteiger partial charge in [-0.25, -0.2) is 0 Å².